The summed E-state index contributed by atoms with van der Waals surface area (Å²) in [5.41, 5.74) is 4.35. The molecule has 3 nitrogen and oxygen atoms in total. The lowest BCUT2D eigenvalue weighted by Crippen LogP contribution is -2.48. The maximum absolute atomic E-state index is 4.36. The van der Waals surface area contributed by atoms with Gasteiger partial charge in [-0.1, -0.05) is 6.07 Å². The maximum Gasteiger partial charge on any atom is 0.0815 e. The van der Waals surface area contributed by atoms with Crippen molar-refractivity contribution in [3.63, 3.8) is 0 Å². The van der Waals surface area contributed by atoms with Crippen LogP contribution in [0.3, 0.4) is 0 Å². The Morgan fingerprint density at radius 1 is 1.31 bits per heavy atom. The summed E-state index contributed by atoms with van der Waals surface area (Å²) in [6.45, 7) is 4.23. The van der Waals surface area contributed by atoms with E-state index >= 15 is 0 Å². The predicted molar refractivity (Wildman–Crippen MR) is 67.8 cm³/mol. The highest BCUT2D eigenvalue weighted by atomic mass is 32.1. The van der Waals surface area contributed by atoms with Crippen LogP contribution in [0.1, 0.15) is 18.5 Å². The fourth-order valence-electron chi connectivity index (χ4n) is 2.11. The molecule has 1 aromatic heterocycles. The van der Waals surface area contributed by atoms with Crippen LogP contribution in [0.15, 0.2) is 23.7 Å². The van der Waals surface area contributed by atoms with Crippen molar-refractivity contribution in [1.82, 2.24) is 15.6 Å². The first-order chi connectivity index (χ1) is 7.83. The minimum Gasteiger partial charge on any atom is -0.311 e. The molecule has 1 aliphatic rings. The second-order valence-corrected chi connectivity index (χ2v) is 5.24. The van der Waals surface area contributed by atoms with E-state index in [0.717, 1.165) is 18.6 Å². The maximum atomic E-state index is 4.36. The van der Waals surface area contributed by atoms with Gasteiger partial charge in [-0.2, -0.15) is 0 Å². The molecule has 4 heteroatoms. The molecule has 84 valence electrons. The molecule has 1 aliphatic heterocycles. The van der Waals surface area contributed by atoms with Crippen molar-refractivity contribution in [2.45, 2.75) is 19.0 Å². The fraction of sp³-hybridized carbons (Fsp3) is 0.417. The zero-order chi connectivity index (χ0) is 11.0. The Balaban J connectivity index is 1.87. The van der Waals surface area contributed by atoms with Gasteiger partial charge in [0.05, 0.1) is 15.7 Å². The zero-order valence-electron chi connectivity index (χ0n) is 9.23. The van der Waals surface area contributed by atoms with E-state index in [9.17, 15) is 0 Å². The number of fused-ring (bicyclic) bond motifs is 1. The monoisotopic (exact) mass is 233 g/mol. The summed E-state index contributed by atoms with van der Waals surface area (Å²) < 4.78 is 1.26. The van der Waals surface area contributed by atoms with Gasteiger partial charge in [0.2, 0.25) is 0 Å². The summed E-state index contributed by atoms with van der Waals surface area (Å²) in [6.07, 6.45) is 0. The summed E-state index contributed by atoms with van der Waals surface area (Å²) in [7, 11) is 0. The number of nitrogens with one attached hydrogen (secondary N) is 2. The number of aromatic nitrogens is 1. The number of hydrogen-bond acceptors (Lipinski definition) is 4. The first-order valence-corrected chi connectivity index (χ1v) is 6.51. The number of piperazine rings is 1. The second-order valence-electron chi connectivity index (χ2n) is 4.35. The van der Waals surface area contributed by atoms with E-state index in [0.29, 0.717) is 12.1 Å². The molecule has 2 N–H and O–H groups in total. The van der Waals surface area contributed by atoms with E-state index in [2.05, 4.69) is 40.7 Å². The average Bonchev–Trinajstić information content (AvgIpc) is 2.77. The largest absolute Gasteiger partial charge is 0.311 e. The van der Waals surface area contributed by atoms with Gasteiger partial charge >= 0.3 is 0 Å². The third kappa shape index (κ3) is 1.84. The van der Waals surface area contributed by atoms with Crippen LogP contribution in [0.2, 0.25) is 0 Å². The Kier molecular flexibility index (Phi) is 2.63. The van der Waals surface area contributed by atoms with Crippen molar-refractivity contribution < 1.29 is 0 Å². The van der Waals surface area contributed by atoms with Gasteiger partial charge in [-0.15, -0.1) is 11.3 Å². The molecule has 1 fully saturated rings. The molecular formula is C12H15N3S. The van der Waals surface area contributed by atoms with E-state index < -0.39 is 0 Å². The highest BCUT2D eigenvalue weighted by molar-refractivity contribution is 7.16. The number of benzene rings is 1. The Hall–Kier alpha value is -0.970. The molecular weight excluding hydrogens is 218 g/mol. The predicted octanol–water partition coefficient (Wildman–Crippen LogP) is 1.92. The normalized spacial score (nSPS) is 26.1. The SMILES string of the molecule is CC1CNC(c2ccc3scnc3c2)CN1. The van der Waals surface area contributed by atoms with Crippen molar-refractivity contribution in [2.24, 2.45) is 0 Å². The van der Waals surface area contributed by atoms with E-state index in [1.807, 2.05) is 5.51 Å². The highest BCUT2D eigenvalue weighted by Crippen LogP contribution is 2.23. The molecule has 2 aromatic rings. The molecule has 16 heavy (non-hydrogen) atoms. The van der Waals surface area contributed by atoms with Crippen molar-refractivity contribution in [1.29, 1.82) is 0 Å². The molecule has 2 heterocycles. The molecule has 1 saturated heterocycles. The minimum atomic E-state index is 0.419. The van der Waals surface area contributed by atoms with Crippen LogP contribution in [-0.2, 0) is 0 Å². The van der Waals surface area contributed by atoms with Gasteiger partial charge in [-0.05, 0) is 24.6 Å². The molecule has 2 atom stereocenters. The molecule has 0 saturated carbocycles. The summed E-state index contributed by atoms with van der Waals surface area (Å²) in [5, 5.41) is 7.05. The molecule has 0 amide bonds. The van der Waals surface area contributed by atoms with Crippen molar-refractivity contribution in [3.05, 3.63) is 29.3 Å². The smallest absolute Gasteiger partial charge is 0.0815 e. The summed E-state index contributed by atoms with van der Waals surface area (Å²) in [6, 6.07) is 7.56. The van der Waals surface area contributed by atoms with Crippen LogP contribution >= 0.6 is 11.3 Å². The van der Waals surface area contributed by atoms with Crippen LogP contribution < -0.4 is 10.6 Å². The van der Waals surface area contributed by atoms with E-state index in [4.69, 9.17) is 0 Å². The van der Waals surface area contributed by atoms with Crippen LogP contribution in [0, 0.1) is 0 Å². The topological polar surface area (TPSA) is 37.0 Å². The van der Waals surface area contributed by atoms with Crippen molar-refractivity contribution in [3.8, 4) is 0 Å². The van der Waals surface area contributed by atoms with Gasteiger partial charge in [-0.25, -0.2) is 4.98 Å². The lowest BCUT2D eigenvalue weighted by molar-refractivity contribution is 0.367. The second kappa shape index (κ2) is 4.13. The molecule has 0 radical (unpaired) electrons. The van der Waals surface area contributed by atoms with Gasteiger partial charge in [0.1, 0.15) is 0 Å². The third-order valence-corrected chi connectivity index (χ3v) is 3.91. The van der Waals surface area contributed by atoms with Crippen LogP contribution in [-0.4, -0.2) is 24.1 Å². The average molecular weight is 233 g/mol. The number of nitrogens with zero attached hydrogens (tertiary/aromatic N) is 1. The molecule has 2 unspecified atom stereocenters. The van der Waals surface area contributed by atoms with Crippen molar-refractivity contribution in [2.75, 3.05) is 13.1 Å². The quantitative estimate of drug-likeness (QED) is 0.790. The summed E-state index contributed by atoms with van der Waals surface area (Å²) >= 11 is 1.70. The van der Waals surface area contributed by atoms with Crippen LogP contribution in [0.4, 0.5) is 0 Å². The van der Waals surface area contributed by atoms with Crippen LogP contribution in [0.5, 0.6) is 0 Å². The number of thiazole rings is 1. The highest BCUT2D eigenvalue weighted by Gasteiger charge is 2.18. The number of rotatable bonds is 1. The van der Waals surface area contributed by atoms with E-state index in [1.165, 1.54) is 10.3 Å². The Morgan fingerprint density at radius 3 is 3.06 bits per heavy atom. The Morgan fingerprint density at radius 2 is 2.25 bits per heavy atom. The first-order valence-electron chi connectivity index (χ1n) is 5.63. The minimum absolute atomic E-state index is 0.419. The molecule has 3 rings (SSSR count). The van der Waals surface area contributed by atoms with Gasteiger partial charge in [0.15, 0.2) is 0 Å². The molecule has 1 aromatic carbocycles. The molecule has 0 spiro atoms. The van der Waals surface area contributed by atoms with E-state index in [1.54, 1.807) is 11.3 Å². The van der Waals surface area contributed by atoms with Crippen molar-refractivity contribution >= 4 is 21.6 Å². The Bertz CT molecular complexity index is 486. The standard InChI is InChI=1S/C12H15N3S/c1-8-5-14-11(6-13-8)9-2-3-12-10(4-9)15-7-16-12/h2-4,7-8,11,13-14H,5-6H2,1H3. The number of hydrogen-bond donors (Lipinski definition) is 2. The molecule has 0 bridgehead atoms. The van der Waals surface area contributed by atoms with Gasteiger partial charge in [-0.3, -0.25) is 0 Å². The first kappa shape index (κ1) is 10.2. The molecule has 0 aliphatic carbocycles. The zero-order valence-corrected chi connectivity index (χ0v) is 10.1. The van der Waals surface area contributed by atoms with Gasteiger partial charge < -0.3 is 10.6 Å². The Labute approximate surface area is 98.9 Å². The van der Waals surface area contributed by atoms with Crippen LogP contribution in [0.25, 0.3) is 10.2 Å². The summed E-state index contributed by atoms with van der Waals surface area (Å²) in [4.78, 5) is 4.36. The third-order valence-electron chi connectivity index (χ3n) is 3.10. The lowest BCUT2D eigenvalue weighted by atomic mass is 10.0. The summed E-state index contributed by atoms with van der Waals surface area (Å²) in [5.74, 6) is 0. The van der Waals surface area contributed by atoms with E-state index in [-0.39, 0.29) is 0 Å². The van der Waals surface area contributed by atoms with Gasteiger partial charge in [0.25, 0.3) is 0 Å². The van der Waals surface area contributed by atoms with Gasteiger partial charge in [0, 0.05) is 25.2 Å². The fourth-order valence-corrected chi connectivity index (χ4v) is 2.77. The lowest BCUT2D eigenvalue weighted by Gasteiger charge is -2.29.